The third kappa shape index (κ3) is 3.46. The summed E-state index contributed by atoms with van der Waals surface area (Å²) in [6, 6.07) is 14.6. The van der Waals surface area contributed by atoms with Crippen LogP contribution in [0.5, 0.6) is 17.2 Å². The molecule has 0 aliphatic rings. The van der Waals surface area contributed by atoms with Crippen LogP contribution in [0, 0.1) is 0 Å². The van der Waals surface area contributed by atoms with Gasteiger partial charge in [-0.15, -0.1) is 0 Å². The van der Waals surface area contributed by atoms with Crippen molar-refractivity contribution in [3.8, 4) is 28.5 Å². The highest BCUT2D eigenvalue weighted by molar-refractivity contribution is 6.30. The van der Waals surface area contributed by atoms with Gasteiger partial charge < -0.3 is 18.7 Å². The minimum atomic E-state index is 0.206. The van der Waals surface area contributed by atoms with Crippen LogP contribution in [0.4, 0.5) is 0 Å². The van der Waals surface area contributed by atoms with E-state index in [0.29, 0.717) is 28.0 Å². The van der Waals surface area contributed by atoms with Crippen LogP contribution in [-0.2, 0) is 6.61 Å². The standard InChI is InChI=1S/C18H16ClNO4/c1-21-16-4-3-5-17(22-2)18(16)23-11-14-10-15(20-24-14)12-6-8-13(19)9-7-12/h3-10H,11H2,1-2H3. The lowest BCUT2D eigenvalue weighted by Gasteiger charge is -2.12. The fourth-order valence-electron chi connectivity index (χ4n) is 2.24. The molecule has 0 aliphatic carbocycles. The van der Waals surface area contributed by atoms with Gasteiger partial charge in [0.05, 0.1) is 14.2 Å². The molecule has 3 aromatic rings. The van der Waals surface area contributed by atoms with Gasteiger partial charge in [0, 0.05) is 16.7 Å². The maximum absolute atomic E-state index is 5.89. The monoisotopic (exact) mass is 345 g/mol. The average Bonchev–Trinajstić information content (AvgIpc) is 3.09. The van der Waals surface area contributed by atoms with E-state index in [0.717, 1.165) is 11.3 Å². The summed E-state index contributed by atoms with van der Waals surface area (Å²) in [5.74, 6) is 2.29. The number of para-hydroxylation sites is 1. The van der Waals surface area contributed by atoms with E-state index in [1.165, 1.54) is 0 Å². The Balaban J connectivity index is 1.75. The number of nitrogens with zero attached hydrogens (tertiary/aromatic N) is 1. The third-order valence-corrected chi connectivity index (χ3v) is 3.69. The SMILES string of the molecule is COc1cccc(OC)c1OCc1cc(-c2ccc(Cl)cc2)no1. The summed E-state index contributed by atoms with van der Waals surface area (Å²) in [7, 11) is 3.16. The molecule has 0 N–H and O–H groups in total. The van der Waals surface area contributed by atoms with E-state index in [1.807, 2.05) is 24.3 Å². The van der Waals surface area contributed by atoms with Crippen LogP contribution in [0.2, 0.25) is 5.02 Å². The molecule has 124 valence electrons. The van der Waals surface area contributed by atoms with E-state index in [2.05, 4.69) is 5.16 Å². The highest BCUT2D eigenvalue weighted by Crippen LogP contribution is 2.37. The molecule has 24 heavy (non-hydrogen) atoms. The molecule has 0 unspecified atom stereocenters. The Labute approximate surface area is 144 Å². The van der Waals surface area contributed by atoms with Crippen LogP contribution in [0.1, 0.15) is 5.76 Å². The van der Waals surface area contributed by atoms with Crippen molar-refractivity contribution in [2.75, 3.05) is 14.2 Å². The number of rotatable bonds is 6. The number of aromatic nitrogens is 1. The van der Waals surface area contributed by atoms with Gasteiger partial charge in [0.15, 0.2) is 17.3 Å². The van der Waals surface area contributed by atoms with Gasteiger partial charge in [-0.3, -0.25) is 0 Å². The Kier molecular flexibility index (Phi) is 4.91. The molecule has 0 amide bonds. The van der Waals surface area contributed by atoms with Gasteiger partial charge in [-0.2, -0.15) is 0 Å². The molecular formula is C18H16ClNO4. The number of hydrogen-bond donors (Lipinski definition) is 0. The van der Waals surface area contributed by atoms with Crippen molar-refractivity contribution in [2.24, 2.45) is 0 Å². The lowest BCUT2D eigenvalue weighted by atomic mass is 10.1. The van der Waals surface area contributed by atoms with E-state index in [-0.39, 0.29) is 6.61 Å². The van der Waals surface area contributed by atoms with Gasteiger partial charge in [-0.25, -0.2) is 0 Å². The first-order valence-electron chi connectivity index (χ1n) is 7.26. The first-order chi connectivity index (χ1) is 11.7. The molecule has 0 bridgehead atoms. The van der Waals surface area contributed by atoms with Crippen molar-refractivity contribution in [3.05, 3.63) is 59.3 Å². The quantitative estimate of drug-likeness (QED) is 0.654. The predicted octanol–water partition coefficient (Wildman–Crippen LogP) is 4.59. The molecule has 0 saturated heterocycles. The minimum absolute atomic E-state index is 0.206. The van der Waals surface area contributed by atoms with Crippen LogP contribution in [0.25, 0.3) is 11.3 Å². The van der Waals surface area contributed by atoms with Crippen LogP contribution < -0.4 is 14.2 Å². The molecule has 1 aromatic heterocycles. The number of benzene rings is 2. The zero-order chi connectivity index (χ0) is 16.9. The molecule has 0 saturated carbocycles. The number of hydrogen-bond acceptors (Lipinski definition) is 5. The zero-order valence-corrected chi connectivity index (χ0v) is 14.0. The summed E-state index contributed by atoms with van der Waals surface area (Å²) in [6.07, 6.45) is 0. The summed E-state index contributed by atoms with van der Waals surface area (Å²) in [6.45, 7) is 0.206. The summed E-state index contributed by atoms with van der Waals surface area (Å²) in [5, 5.41) is 4.73. The summed E-state index contributed by atoms with van der Waals surface area (Å²) in [4.78, 5) is 0. The first kappa shape index (κ1) is 16.2. The molecule has 0 spiro atoms. The second-order valence-electron chi connectivity index (χ2n) is 4.97. The smallest absolute Gasteiger partial charge is 0.203 e. The summed E-state index contributed by atoms with van der Waals surface area (Å²) < 4.78 is 21.7. The topological polar surface area (TPSA) is 53.7 Å². The molecule has 0 aliphatic heterocycles. The van der Waals surface area contributed by atoms with Crippen molar-refractivity contribution in [2.45, 2.75) is 6.61 Å². The molecule has 0 fully saturated rings. The molecule has 2 aromatic carbocycles. The van der Waals surface area contributed by atoms with Gasteiger partial charge in [0.25, 0.3) is 0 Å². The molecule has 6 heteroatoms. The van der Waals surface area contributed by atoms with Gasteiger partial charge in [0.2, 0.25) is 5.75 Å². The Morgan fingerprint density at radius 2 is 1.67 bits per heavy atom. The van der Waals surface area contributed by atoms with E-state index < -0.39 is 0 Å². The Morgan fingerprint density at radius 1 is 1.00 bits per heavy atom. The molecule has 1 heterocycles. The van der Waals surface area contributed by atoms with Crippen molar-refractivity contribution < 1.29 is 18.7 Å². The van der Waals surface area contributed by atoms with Crippen molar-refractivity contribution in [3.63, 3.8) is 0 Å². The van der Waals surface area contributed by atoms with E-state index in [1.54, 1.807) is 38.5 Å². The van der Waals surface area contributed by atoms with Crippen LogP contribution in [-0.4, -0.2) is 19.4 Å². The Hall–Kier alpha value is -2.66. The lowest BCUT2D eigenvalue weighted by molar-refractivity contribution is 0.229. The molecule has 0 radical (unpaired) electrons. The minimum Gasteiger partial charge on any atom is -0.493 e. The molecular weight excluding hydrogens is 330 g/mol. The largest absolute Gasteiger partial charge is 0.493 e. The fraction of sp³-hybridized carbons (Fsp3) is 0.167. The van der Waals surface area contributed by atoms with Gasteiger partial charge in [0.1, 0.15) is 12.3 Å². The maximum atomic E-state index is 5.89. The highest BCUT2D eigenvalue weighted by Gasteiger charge is 2.13. The number of methoxy groups -OCH3 is 2. The Bertz CT molecular complexity index is 792. The molecule has 3 rings (SSSR count). The average molecular weight is 346 g/mol. The van der Waals surface area contributed by atoms with Gasteiger partial charge in [-0.1, -0.05) is 35.0 Å². The predicted molar refractivity (Wildman–Crippen MR) is 90.8 cm³/mol. The number of halogens is 1. The first-order valence-corrected chi connectivity index (χ1v) is 7.64. The second-order valence-corrected chi connectivity index (χ2v) is 5.40. The maximum Gasteiger partial charge on any atom is 0.203 e. The van der Waals surface area contributed by atoms with Crippen molar-refractivity contribution in [1.29, 1.82) is 0 Å². The molecule has 0 atom stereocenters. The highest BCUT2D eigenvalue weighted by atomic mass is 35.5. The third-order valence-electron chi connectivity index (χ3n) is 3.44. The normalized spacial score (nSPS) is 10.5. The van der Waals surface area contributed by atoms with E-state index in [9.17, 15) is 0 Å². The number of ether oxygens (including phenoxy) is 3. The summed E-state index contributed by atoms with van der Waals surface area (Å²) >= 11 is 5.89. The fourth-order valence-corrected chi connectivity index (χ4v) is 2.37. The lowest BCUT2D eigenvalue weighted by Crippen LogP contribution is -1.99. The van der Waals surface area contributed by atoms with E-state index >= 15 is 0 Å². The second kappa shape index (κ2) is 7.27. The van der Waals surface area contributed by atoms with Crippen molar-refractivity contribution in [1.82, 2.24) is 5.16 Å². The summed E-state index contributed by atoms with van der Waals surface area (Å²) in [5.41, 5.74) is 1.64. The van der Waals surface area contributed by atoms with E-state index in [4.69, 9.17) is 30.3 Å². The van der Waals surface area contributed by atoms with Crippen molar-refractivity contribution >= 4 is 11.6 Å². The van der Waals surface area contributed by atoms with Crippen LogP contribution >= 0.6 is 11.6 Å². The van der Waals surface area contributed by atoms with Crippen LogP contribution in [0.3, 0.4) is 0 Å². The van der Waals surface area contributed by atoms with Gasteiger partial charge in [-0.05, 0) is 24.3 Å². The van der Waals surface area contributed by atoms with Crippen LogP contribution in [0.15, 0.2) is 53.1 Å². The van der Waals surface area contributed by atoms with Gasteiger partial charge >= 0.3 is 0 Å². The molecule has 5 nitrogen and oxygen atoms in total. The Morgan fingerprint density at radius 3 is 2.29 bits per heavy atom. The zero-order valence-electron chi connectivity index (χ0n) is 13.3.